The monoisotopic (exact) mass is 330 g/mol. The molecular weight excluding hydrogens is 308 g/mol. The number of aromatic nitrogens is 2. The van der Waals surface area contributed by atoms with Crippen molar-refractivity contribution in [2.24, 2.45) is 0 Å². The summed E-state index contributed by atoms with van der Waals surface area (Å²) in [6.07, 6.45) is 3.05. The van der Waals surface area contributed by atoms with E-state index >= 15 is 0 Å². The van der Waals surface area contributed by atoms with Gasteiger partial charge < -0.3 is 19.9 Å². The lowest BCUT2D eigenvalue weighted by atomic mass is 10.0. The topological polar surface area (TPSA) is 89.3 Å². The number of carbonyl (C=O) groups excluding carboxylic acids is 1. The van der Waals surface area contributed by atoms with Crippen molar-refractivity contribution in [3.63, 3.8) is 0 Å². The lowest BCUT2D eigenvalue weighted by molar-refractivity contribution is -0.124. The molecule has 0 radical (unpaired) electrons. The van der Waals surface area contributed by atoms with Gasteiger partial charge in [-0.2, -0.15) is 4.98 Å². The molecule has 1 aliphatic heterocycles. The number of methoxy groups -OCH3 is 1. The van der Waals surface area contributed by atoms with Crippen molar-refractivity contribution in [3.05, 3.63) is 30.2 Å². The van der Waals surface area contributed by atoms with Crippen molar-refractivity contribution in [1.82, 2.24) is 20.8 Å². The standard InChI is InChI=1S/C17H22N4O3/c1-11(19-16(22)14-8-3-4-9-18-14)17-20-15(21-24-17)12-6-5-7-13(10-12)23-2/h5-7,10-11,14,18H,3-4,8-9H2,1-2H3,(H,19,22). The summed E-state index contributed by atoms with van der Waals surface area (Å²) in [5.74, 6) is 1.56. The number of piperidine rings is 1. The fraction of sp³-hybridized carbons (Fsp3) is 0.471. The highest BCUT2D eigenvalue weighted by Gasteiger charge is 2.24. The van der Waals surface area contributed by atoms with Crippen LogP contribution in [-0.2, 0) is 4.79 Å². The van der Waals surface area contributed by atoms with E-state index < -0.39 is 0 Å². The Morgan fingerprint density at radius 2 is 2.33 bits per heavy atom. The van der Waals surface area contributed by atoms with Gasteiger partial charge in [-0.25, -0.2) is 0 Å². The highest BCUT2D eigenvalue weighted by Crippen LogP contribution is 2.22. The third-order valence-corrected chi connectivity index (χ3v) is 4.13. The van der Waals surface area contributed by atoms with E-state index in [1.54, 1.807) is 7.11 Å². The van der Waals surface area contributed by atoms with Gasteiger partial charge in [0.25, 0.3) is 0 Å². The van der Waals surface area contributed by atoms with E-state index in [1.165, 1.54) is 0 Å². The van der Waals surface area contributed by atoms with E-state index in [0.717, 1.165) is 37.1 Å². The molecule has 2 unspecified atom stereocenters. The number of hydrogen-bond donors (Lipinski definition) is 2. The molecule has 2 aromatic rings. The average molecular weight is 330 g/mol. The lowest BCUT2D eigenvalue weighted by Crippen LogP contribution is -2.47. The Hall–Kier alpha value is -2.41. The van der Waals surface area contributed by atoms with Crippen molar-refractivity contribution < 1.29 is 14.1 Å². The lowest BCUT2D eigenvalue weighted by Gasteiger charge is -2.23. The molecule has 24 heavy (non-hydrogen) atoms. The van der Waals surface area contributed by atoms with Gasteiger partial charge in [-0.15, -0.1) is 0 Å². The fourth-order valence-electron chi connectivity index (χ4n) is 2.74. The van der Waals surface area contributed by atoms with Crippen LogP contribution in [0, 0.1) is 0 Å². The maximum atomic E-state index is 12.3. The molecule has 1 aromatic carbocycles. The van der Waals surface area contributed by atoms with Gasteiger partial charge in [0.2, 0.25) is 17.6 Å². The van der Waals surface area contributed by atoms with Crippen LogP contribution in [0.15, 0.2) is 28.8 Å². The third-order valence-electron chi connectivity index (χ3n) is 4.13. The number of benzene rings is 1. The van der Waals surface area contributed by atoms with Crippen LogP contribution in [0.2, 0.25) is 0 Å². The molecule has 1 aliphatic rings. The minimum atomic E-state index is -0.340. The fourth-order valence-corrected chi connectivity index (χ4v) is 2.74. The quantitative estimate of drug-likeness (QED) is 0.872. The van der Waals surface area contributed by atoms with Crippen molar-refractivity contribution in [1.29, 1.82) is 0 Å². The Labute approximate surface area is 140 Å². The minimum absolute atomic E-state index is 0.0247. The van der Waals surface area contributed by atoms with Crippen molar-refractivity contribution in [2.45, 2.75) is 38.3 Å². The summed E-state index contributed by atoms with van der Waals surface area (Å²) in [6.45, 7) is 2.72. The van der Waals surface area contributed by atoms with Crippen LogP contribution in [-0.4, -0.2) is 35.7 Å². The number of rotatable bonds is 5. The van der Waals surface area contributed by atoms with Gasteiger partial charge in [-0.05, 0) is 38.4 Å². The molecule has 0 bridgehead atoms. The molecule has 2 atom stereocenters. The first-order valence-corrected chi connectivity index (χ1v) is 8.19. The molecule has 0 aliphatic carbocycles. The van der Waals surface area contributed by atoms with Crippen LogP contribution in [0.5, 0.6) is 5.75 Å². The highest BCUT2D eigenvalue weighted by atomic mass is 16.5. The molecular formula is C17H22N4O3. The van der Waals surface area contributed by atoms with Crippen molar-refractivity contribution >= 4 is 5.91 Å². The number of hydrogen-bond acceptors (Lipinski definition) is 6. The summed E-state index contributed by atoms with van der Waals surface area (Å²) in [4.78, 5) is 16.6. The first-order valence-electron chi connectivity index (χ1n) is 8.19. The number of amides is 1. The zero-order valence-electron chi connectivity index (χ0n) is 13.9. The summed E-state index contributed by atoms with van der Waals surface area (Å²) in [7, 11) is 1.61. The average Bonchev–Trinajstić information content (AvgIpc) is 3.13. The maximum absolute atomic E-state index is 12.3. The Bertz CT molecular complexity index is 695. The molecule has 1 amide bonds. The second-order valence-electron chi connectivity index (χ2n) is 5.92. The van der Waals surface area contributed by atoms with Gasteiger partial charge >= 0.3 is 0 Å². The van der Waals surface area contributed by atoms with Crippen LogP contribution in [0.4, 0.5) is 0 Å². The second-order valence-corrected chi connectivity index (χ2v) is 5.92. The predicted octanol–water partition coefficient (Wildman–Crippen LogP) is 2.06. The van der Waals surface area contributed by atoms with Gasteiger partial charge in [-0.1, -0.05) is 23.7 Å². The van der Waals surface area contributed by atoms with E-state index in [0.29, 0.717) is 11.7 Å². The third kappa shape index (κ3) is 3.73. The Morgan fingerprint density at radius 1 is 1.46 bits per heavy atom. The van der Waals surface area contributed by atoms with Crippen LogP contribution in [0.25, 0.3) is 11.4 Å². The molecule has 7 nitrogen and oxygen atoms in total. The smallest absolute Gasteiger partial charge is 0.249 e. The Morgan fingerprint density at radius 3 is 3.08 bits per heavy atom. The van der Waals surface area contributed by atoms with Crippen LogP contribution >= 0.6 is 0 Å². The maximum Gasteiger partial charge on any atom is 0.249 e. The Balaban J connectivity index is 1.66. The molecule has 128 valence electrons. The van der Waals surface area contributed by atoms with Gasteiger partial charge in [0.15, 0.2) is 0 Å². The van der Waals surface area contributed by atoms with Crippen LogP contribution in [0.1, 0.15) is 38.1 Å². The normalized spacial score (nSPS) is 18.8. The van der Waals surface area contributed by atoms with Gasteiger partial charge in [0, 0.05) is 5.56 Å². The zero-order valence-corrected chi connectivity index (χ0v) is 13.9. The summed E-state index contributed by atoms with van der Waals surface area (Å²) >= 11 is 0. The molecule has 0 spiro atoms. The second kappa shape index (κ2) is 7.44. The summed E-state index contributed by atoms with van der Waals surface area (Å²) in [5, 5.41) is 10.2. The first kappa shape index (κ1) is 16.4. The molecule has 0 saturated carbocycles. The van der Waals surface area contributed by atoms with Crippen LogP contribution < -0.4 is 15.4 Å². The SMILES string of the molecule is COc1cccc(-c2noc(C(C)NC(=O)C3CCCCN3)n2)c1. The molecule has 1 saturated heterocycles. The van der Waals surface area contributed by atoms with E-state index in [2.05, 4.69) is 20.8 Å². The van der Waals surface area contributed by atoms with Gasteiger partial charge in [0.1, 0.15) is 11.8 Å². The number of nitrogens with one attached hydrogen (secondary N) is 2. The molecule has 7 heteroatoms. The van der Waals surface area contributed by atoms with E-state index in [-0.39, 0.29) is 18.0 Å². The van der Waals surface area contributed by atoms with E-state index in [1.807, 2.05) is 31.2 Å². The molecule has 2 heterocycles. The Kier molecular flexibility index (Phi) is 5.10. The summed E-state index contributed by atoms with van der Waals surface area (Å²) in [6, 6.07) is 6.96. The number of ether oxygens (including phenoxy) is 1. The van der Waals surface area contributed by atoms with Gasteiger partial charge in [0.05, 0.1) is 13.2 Å². The largest absolute Gasteiger partial charge is 0.497 e. The molecule has 1 aromatic heterocycles. The molecule has 1 fully saturated rings. The molecule has 3 rings (SSSR count). The molecule has 2 N–H and O–H groups in total. The van der Waals surface area contributed by atoms with Crippen molar-refractivity contribution in [2.75, 3.05) is 13.7 Å². The number of nitrogens with zero attached hydrogens (tertiary/aromatic N) is 2. The van der Waals surface area contributed by atoms with E-state index in [4.69, 9.17) is 9.26 Å². The minimum Gasteiger partial charge on any atom is -0.497 e. The highest BCUT2D eigenvalue weighted by molar-refractivity contribution is 5.82. The van der Waals surface area contributed by atoms with Gasteiger partial charge in [-0.3, -0.25) is 4.79 Å². The predicted molar refractivity (Wildman–Crippen MR) is 88.5 cm³/mol. The zero-order chi connectivity index (χ0) is 16.9. The number of carbonyl (C=O) groups is 1. The van der Waals surface area contributed by atoms with E-state index in [9.17, 15) is 4.79 Å². The van der Waals surface area contributed by atoms with Crippen LogP contribution in [0.3, 0.4) is 0 Å². The first-order chi connectivity index (χ1) is 11.7. The summed E-state index contributed by atoms with van der Waals surface area (Å²) in [5.41, 5.74) is 0.803. The summed E-state index contributed by atoms with van der Waals surface area (Å²) < 4.78 is 10.5. The van der Waals surface area contributed by atoms with Crippen molar-refractivity contribution in [3.8, 4) is 17.1 Å².